The summed E-state index contributed by atoms with van der Waals surface area (Å²) in [5.74, 6) is -5.83. The smallest absolute Gasteiger partial charge is 0.357 e. The Bertz CT molecular complexity index is 1460. The zero-order valence-electron chi connectivity index (χ0n) is 20.6. The minimum Gasteiger partial charge on any atom is -0.465 e. The van der Waals surface area contributed by atoms with E-state index in [0.29, 0.717) is 0 Å². The van der Waals surface area contributed by atoms with E-state index in [1.54, 1.807) is 0 Å². The zero-order chi connectivity index (χ0) is 28.3. The molecule has 0 N–H and O–H groups in total. The van der Waals surface area contributed by atoms with E-state index in [4.69, 9.17) is 23.7 Å². The molecule has 0 radical (unpaired) electrons. The molecule has 198 valence electrons. The monoisotopic (exact) mass is 529 g/mol. The number of nitro benzene ring substituents is 1. The second kappa shape index (κ2) is 10.7. The number of carbonyl (C=O) groups excluding carboxylic acids is 5. The van der Waals surface area contributed by atoms with Crippen molar-refractivity contribution >= 4 is 35.5 Å². The Balaban J connectivity index is 2.70. The number of hydrogen-bond donors (Lipinski definition) is 0. The number of ether oxygens (including phenoxy) is 5. The molecule has 0 saturated heterocycles. The molecule has 1 aliphatic heterocycles. The maximum absolute atomic E-state index is 13.1. The predicted octanol–water partition coefficient (Wildman–Crippen LogP) is 1.82. The lowest BCUT2D eigenvalue weighted by atomic mass is 10.00. The van der Waals surface area contributed by atoms with Crippen LogP contribution in [-0.4, -0.2) is 80.1 Å². The van der Waals surface area contributed by atoms with Gasteiger partial charge in [-0.3, -0.25) is 10.1 Å². The van der Waals surface area contributed by atoms with Gasteiger partial charge in [-0.15, -0.1) is 0 Å². The normalized spacial score (nSPS) is 10.4. The molecule has 15 heteroatoms. The van der Waals surface area contributed by atoms with Gasteiger partial charge in [-0.05, 0) is 12.1 Å². The Morgan fingerprint density at radius 3 is 1.61 bits per heavy atom. The topological polar surface area (TPSA) is 192 Å². The predicted molar refractivity (Wildman–Crippen MR) is 124 cm³/mol. The zero-order valence-corrected chi connectivity index (χ0v) is 20.6. The number of rotatable bonds is 7. The Morgan fingerprint density at radius 1 is 0.684 bits per heavy atom. The summed E-state index contributed by atoms with van der Waals surface area (Å²) in [4.78, 5) is 75.1. The highest BCUT2D eigenvalue weighted by molar-refractivity contribution is 6.22. The third-order valence-electron chi connectivity index (χ3n) is 5.36. The van der Waals surface area contributed by atoms with Crippen LogP contribution in [0.15, 0.2) is 24.3 Å². The Morgan fingerprint density at radius 2 is 1.13 bits per heavy atom. The highest BCUT2D eigenvalue weighted by Crippen LogP contribution is 2.41. The summed E-state index contributed by atoms with van der Waals surface area (Å²) in [5, 5.41) is 15.4. The van der Waals surface area contributed by atoms with Gasteiger partial charge in [0.1, 0.15) is 16.8 Å². The van der Waals surface area contributed by atoms with Crippen molar-refractivity contribution in [2.45, 2.75) is 0 Å². The van der Waals surface area contributed by atoms with Gasteiger partial charge in [0.2, 0.25) is 0 Å². The van der Waals surface area contributed by atoms with E-state index in [-0.39, 0.29) is 11.4 Å². The van der Waals surface area contributed by atoms with Gasteiger partial charge in [0.25, 0.3) is 5.69 Å². The number of aromatic nitrogens is 2. The number of carbonyl (C=O) groups is 5. The quantitative estimate of drug-likeness (QED) is 0.186. The van der Waals surface area contributed by atoms with Crippen molar-refractivity contribution in [1.29, 1.82) is 0 Å². The first-order valence-corrected chi connectivity index (χ1v) is 10.4. The molecule has 1 aromatic rings. The number of benzene rings is 1. The Hall–Kier alpha value is -5.34. The van der Waals surface area contributed by atoms with Crippen LogP contribution in [0, 0.1) is 10.1 Å². The van der Waals surface area contributed by atoms with Gasteiger partial charge in [0.05, 0.1) is 57.3 Å². The molecule has 1 aromatic carbocycles. The summed E-state index contributed by atoms with van der Waals surface area (Å²) < 4.78 is 24.9. The maximum Gasteiger partial charge on any atom is 0.357 e. The van der Waals surface area contributed by atoms with Gasteiger partial charge >= 0.3 is 29.8 Å². The molecular weight excluding hydrogens is 510 g/mol. The highest BCUT2D eigenvalue weighted by Gasteiger charge is 2.43. The molecule has 0 fully saturated rings. The van der Waals surface area contributed by atoms with Crippen molar-refractivity contribution in [2.24, 2.45) is 0 Å². The number of fused-ring (bicyclic) bond motifs is 1. The lowest BCUT2D eigenvalue weighted by molar-refractivity contribution is -0.384. The van der Waals surface area contributed by atoms with Gasteiger partial charge in [0.15, 0.2) is 5.69 Å². The molecule has 0 bridgehead atoms. The van der Waals surface area contributed by atoms with Crippen molar-refractivity contribution in [3.8, 4) is 16.9 Å². The van der Waals surface area contributed by atoms with Crippen molar-refractivity contribution < 1.29 is 52.6 Å². The summed E-state index contributed by atoms with van der Waals surface area (Å²) in [7, 11) is 4.93. The lowest BCUT2D eigenvalue weighted by Crippen LogP contribution is -2.24. The van der Waals surface area contributed by atoms with E-state index in [1.807, 2.05) is 0 Å². The third-order valence-corrected chi connectivity index (χ3v) is 5.36. The van der Waals surface area contributed by atoms with Crippen LogP contribution >= 0.6 is 0 Å². The molecule has 2 aliphatic rings. The number of non-ortho nitro benzene ring substituents is 1. The van der Waals surface area contributed by atoms with E-state index in [2.05, 4.69) is 5.10 Å². The van der Waals surface area contributed by atoms with Crippen molar-refractivity contribution in [3.05, 3.63) is 62.3 Å². The summed E-state index contributed by atoms with van der Waals surface area (Å²) in [6.45, 7) is 0. The number of methoxy groups -OCH3 is 5. The molecule has 0 atom stereocenters. The van der Waals surface area contributed by atoms with E-state index < -0.39 is 74.0 Å². The van der Waals surface area contributed by atoms with Crippen LogP contribution in [0.5, 0.6) is 0 Å². The minimum atomic E-state index is -1.18. The van der Waals surface area contributed by atoms with Crippen LogP contribution in [0.3, 0.4) is 0 Å². The molecule has 0 spiro atoms. The fourth-order valence-electron chi connectivity index (χ4n) is 3.73. The van der Waals surface area contributed by atoms with E-state index in [1.165, 1.54) is 12.1 Å². The number of nitrogens with zero attached hydrogens (tertiary/aromatic N) is 3. The molecule has 0 amide bonds. The van der Waals surface area contributed by atoms with Gasteiger partial charge in [-0.1, -0.05) is 0 Å². The molecule has 0 aromatic heterocycles. The number of nitro groups is 1. The van der Waals surface area contributed by atoms with Crippen LogP contribution in [0.2, 0.25) is 0 Å². The Labute approximate surface area is 213 Å². The molecule has 38 heavy (non-hydrogen) atoms. The van der Waals surface area contributed by atoms with Crippen molar-refractivity contribution in [2.75, 3.05) is 35.5 Å². The standard InChI is InChI=1S/C23H19N3O12/c1-34-19(27)13-12-16(22(30)37-4)18(23(31)38-5)25(10-6-8-11(9-7-10)26(32)33)24-17(12)15(21(29)36-3)14(13)20(28)35-2/h6-9H,1-5H3. The van der Waals surface area contributed by atoms with Crippen molar-refractivity contribution in [3.63, 3.8) is 0 Å². The highest BCUT2D eigenvalue weighted by atomic mass is 16.6. The number of hydrogen-bond acceptors (Lipinski definition) is 13. The van der Waals surface area contributed by atoms with E-state index >= 15 is 0 Å². The SMILES string of the molecule is COC(=O)c1c2nn(-c3ccc([N+](=O)[O-])cc3)c(C(=O)OC)c(C(=O)OC)c-2c(C(=O)OC)c1C(=O)OC. The first kappa shape index (κ1) is 27.3. The molecular formula is C23H19N3O12. The van der Waals surface area contributed by atoms with Crippen LogP contribution < -0.4 is 0 Å². The molecule has 15 nitrogen and oxygen atoms in total. The van der Waals surface area contributed by atoms with Crippen LogP contribution in [0.25, 0.3) is 16.9 Å². The average Bonchev–Trinajstić information content (AvgIpc) is 3.28. The van der Waals surface area contributed by atoms with Crippen LogP contribution in [0.1, 0.15) is 51.9 Å². The second-order valence-electron chi connectivity index (χ2n) is 7.22. The largest absolute Gasteiger partial charge is 0.465 e. The van der Waals surface area contributed by atoms with Gasteiger partial charge in [-0.2, -0.15) is 5.10 Å². The second-order valence-corrected chi connectivity index (χ2v) is 7.22. The summed E-state index contributed by atoms with van der Waals surface area (Å²) in [6.07, 6.45) is 0. The molecule has 0 unspecified atom stereocenters. The summed E-state index contributed by atoms with van der Waals surface area (Å²) >= 11 is 0. The Kier molecular flexibility index (Phi) is 7.70. The third kappa shape index (κ3) is 4.36. The van der Waals surface area contributed by atoms with E-state index in [0.717, 1.165) is 52.4 Å². The van der Waals surface area contributed by atoms with Gasteiger partial charge in [0, 0.05) is 17.7 Å². The molecule has 0 saturated carbocycles. The first-order chi connectivity index (χ1) is 18.1. The molecule has 3 rings (SSSR count). The van der Waals surface area contributed by atoms with Crippen molar-refractivity contribution in [1.82, 2.24) is 9.78 Å². The number of esters is 5. The lowest BCUT2D eigenvalue weighted by Gasteiger charge is -2.19. The fraction of sp³-hybridized carbons (Fsp3) is 0.217. The molecule has 1 heterocycles. The maximum atomic E-state index is 13.1. The van der Waals surface area contributed by atoms with Crippen LogP contribution in [-0.2, 0) is 23.7 Å². The van der Waals surface area contributed by atoms with Crippen LogP contribution in [0.4, 0.5) is 5.69 Å². The summed E-state index contributed by atoms with van der Waals surface area (Å²) in [6, 6.07) is 4.60. The van der Waals surface area contributed by atoms with Gasteiger partial charge in [-0.25, -0.2) is 28.7 Å². The molecule has 1 aliphatic carbocycles. The minimum absolute atomic E-state index is 0.000644. The van der Waals surface area contributed by atoms with Gasteiger partial charge < -0.3 is 23.7 Å². The fourth-order valence-corrected chi connectivity index (χ4v) is 3.73. The van der Waals surface area contributed by atoms with E-state index in [9.17, 15) is 34.1 Å². The summed E-state index contributed by atoms with van der Waals surface area (Å²) in [5.41, 5.74) is -4.25. The first-order valence-electron chi connectivity index (χ1n) is 10.4. The average molecular weight is 529 g/mol.